The first-order chi connectivity index (χ1) is 7.68. The molecule has 0 aliphatic rings. The van der Waals surface area contributed by atoms with E-state index in [1.807, 2.05) is 17.8 Å². The molecule has 0 aliphatic heterocycles. The van der Waals surface area contributed by atoms with E-state index in [1.54, 1.807) is 24.5 Å². The summed E-state index contributed by atoms with van der Waals surface area (Å²) in [6.07, 6.45) is 5.96. The van der Waals surface area contributed by atoms with Gasteiger partial charge in [0.25, 0.3) is 0 Å². The molecule has 0 amide bonds. The van der Waals surface area contributed by atoms with Crippen molar-refractivity contribution in [3.05, 3.63) is 47.3 Å². The first kappa shape index (κ1) is 11.1. The summed E-state index contributed by atoms with van der Waals surface area (Å²) in [7, 11) is 1.94. The second-order valence-corrected chi connectivity index (χ2v) is 4.04. The highest BCUT2D eigenvalue weighted by Crippen LogP contribution is 2.20. The van der Waals surface area contributed by atoms with Gasteiger partial charge in [-0.1, -0.05) is 11.6 Å². The van der Waals surface area contributed by atoms with E-state index < -0.39 is 0 Å². The first-order valence-corrected chi connectivity index (χ1v) is 5.38. The lowest BCUT2D eigenvalue weighted by atomic mass is 10.1. The van der Waals surface area contributed by atoms with Crippen LogP contribution in [-0.4, -0.2) is 14.5 Å². The Bertz CT molecular complexity index is 480. The number of hydrogen-bond acceptors (Lipinski definition) is 3. The summed E-state index contributed by atoms with van der Waals surface area (Å²) < 4.78 is 1.94. The SMILES string of the molecule is Cn1ccnc1CC(N)c1ncccc1Cl. The summed E-state index contributed by atoms with van der Waals surface area (Å²) in [6, 6.07) is 3.36. The molecule has 2 N–H and O–H groups in total. The molecule has 0 saturated carbocycles. The third-order valence-electron chi connectivity index (χ3n) is 2.46. The Labute approximate surface area is 99.1 Å². The molecule has 4 nitrogen and oxygen atoms in total. The van der Waals surface area contributed by atoms with E-state index in [0.29, 0.717) is 17.1 Å². The molecule has 1 atom stereocenters. The van der Waals surface area contributed by atoms with E-state index >= 15 is 0 Å². The van der Waals surface area contributed by atoms with Crippen LogP contribution in [0.15, 0.2) is 30.7 Å². The number of hydrogen-bond donors (Lipinski definition) is 1. The topological polar surface area (TPSA) is 56.7 Å². The molecule has 0 aromatic carbocycles. The summed E-state index contributed by atoms with van der Waals surface area (Å²) in [5.41, 5.74) is 6.77. The summed E-state index contributed by atoms with van der Waals surface area (Å²) >= 11 is 6.03. The van der Waals surface area contributed by atoms with Crippen molar-refractivity contribution in [2.24, 2.45) is 12.8 Å². The van der Waals surface area contributed by atoms with E-state index in [0.717, 1.165) is 5.82 Å². The molecular formula is C11H13ClN4. The van der Waals surface area contributed by atoms with E-state index in [1.165, 1.54) is 0 Å². The van der Waals surface area contributed by atoms with Gasteiger partial charge in [0.1, 0.15) is 5.82 Å². The molecule has 84 valence electrons. The number of pyridine rings is 1. The lowest BCUT2D eigenvalue weighted by Crippen LogP contribution is -2.17. The standard InChI is InChI=1S/C11H13ClN4/c1-16-6-5-14-10(16)7-9(13)11-8(12)3-2-4-15-11/h2-6,9H,7,13H2,1H3. The number of rotatable bonds is 3. The summed E-state index contributed by atoms with van der Waals surface area (Å²) in [4.78, 5) is 8.42. The maximum absolute atomic E-state index is 6.06. The highest BCUT2D eigenvalue weighted by molar-refractivity contribution is 6.31. The molecule has 0 bridgehead atoms. The average molecular weight is 237 g/mol. The van der Waals surface area contributed by atoms with Crippen molar-refractivity contribution in [2.75, 3.05) is 0 Å². The Balaban J connectivity index is 2.18. The van der Waals surface area contributed by atoms with Gasteiger partial charge in [0.05, 0.1) is 16.8 Å². The van der Waals surface area contributed by atoms with Crippen molar-refractivity contribution in [2.45, 2.75) is 12.5 Å². The Kier molecular flexibility index (Phi) is 3.22. The van der Waals surface area contributed by atoms with Crippen LogP contribution < -0.4 is 5.73 Å². The van der Waals surface area contributed by atoms with Crippen LogP contribution >= 0.6 is 11.6 Å². The lowest BCUT2D eigenvalue weighted by Gasteiger charge is -2.12. The molecule has 2 rings (SSSR count). The average Bonchev–Trinajstić information content (AvgIpc) is 2.65. The Hall–Kier alpha value is -1.39. The summed E-state index contributed by atoms with van der Waals surface area (Å²) in [5.74, 6) is 0.925. The predicted octanol–water partition coefficient (Wildman–Crippen LogP) is 1.71. The van der Waals surface area contributed by atoms with E-state index in [9.17, 15) is 0 Å². The van der Waals surface area contributed by atoms with Crippen LogP contribution in [0.25, 0.3) is 0 Å². The fraction of sp³-hybridized carbons (Fsp3) is 0.273. The quantitative estimate of drug-likeness (QED) is 0.883. The van der Waals surface area contributed by atoms with E-state index in [-0.39, 0.29) is 6.04 Å². The van der Waals surface area contributed by atoms with Crippen LogP contribution in [0.5, 0.6) is 0 Å². The zero-order valence-corrected chi connectivity index (χ0v) is 9.72. The van der Waals surface area contributed by atoms with Crippen molar-refractivity contribution >= 4 is 11.6 Å². The third-order valence-corrected chi connectivity index (χ3v) is 2.78. The van der Waals surface area contributed by atoms with Crippen molar-refractivity contribution in [3.8, 4) is 0 Å². The van der Waals surface area contributed by atoms with Gasteiger partial charge in [-0.3, -0.25) is 4.98 Å². The zero-order valence-electron chi connectivity index (χ0n) is 8.97. The number of aromatic nitrogens is 3. The molecule has 2 aromatic heterocycles. The van der Waals surface area contributed by atoms with Gasteiger partial charge >= 0.3 is 0 Å². The Morgan fingerprint density at radius 3 is 2.88 bits per heavy atom. The maximum atomic E-state index is 6.06. The molecule has 0 saturated heterocycles. The normalized spacial score (nSPS) is 12.7. The minimum Gasteiger partial charge on any atom is -0.338 e. The number of nitrogens with zero attached hydrogens (tertiary/aromatic N) is 3. The fourth-order valence-corrected chi connectivity index (χ4v) is 1.82. The first-order valence-electron chi connectivity index (χ1n) is 5.00. The third kappa shape index (κ3) is 2.23. The van der Waals surface area contributed by atoms with Crippen LogP contribution in [0.2, 0.25) is 5.02 Å². The van der Waals surface area contributed by atoms with Gasteiger partial charge in [-0.15, -0.1) is 0 Å². The smallest absolute Gasteiger partial charge is 0.110 e. The number of aryl methyl sites for hydroxylation is 1. The van der Waals surface area contributed by atoms with Crippen molar-refractivity contribution in [1.29, 1.82) is 0 Å². The molecule has 16 heavy (non-hydrogen) atoms. The van der Waals surface area contributed by atoms with Crippen LogP contribution in [-0.2, 0) is 13.5 Å². The van der Waals surface area contributed by atoms with Gasteiger partial charge in [-0.05, 0) is 12.1 Å². The molecule has 0 radical (unpaired) electrons. The maximum Gasteiger partial charge on any atom is 0.110 e. The van der Waals surface area contributed by atoms with Crippen LogP contribution in [0.4, 0.5) is 0 Å². The zero-order chi connectivity index (χ0) is 11.5. The van der Waals surface area contributed by atoms with E-state index in [2.05, 4.69) is 9.97 Å². The second kappa shape index (κ2) is 4.63. The van der Waals surface area contributed by atoms with Gasteiger partial charge in [0.2, 0.25) is 0 Å². The van der Waals surface area contributed by atoms with Gasteiger partial charge in [-0.25, -0.2) is 4.98 Å². The highest BCUT2D eigenvalue weighted by atomic mass is 35.5. The van der Waals surface area contributed by atoms with Crippen molar-refractivity contribution in [1.82, 2.24) is 14.5 Å². The van der Waals surface area contributed by atoms with Gasteiger partial charge in [0, 0.05) is 32.1 Å². The summed E-state index contributed by atoms with van der Waals surface area (Å²) in [6.45, 7) is 0. The second-order valence-electron chi connectivity index (χ2n) is 3.64. The molecule has 0 fully saturated rings. The lowest BCUT2D eigenvalue weighted by molar-refractivity contribution is 0.644. The number of imidazole rings is 1. The van der Waals surface area contributed by atoms with Gasteiger partial charge < -0.3 is 10.3 Å². The minimum atomic E-state index is -0.227. The van der Waals surface area contributed by atoms with Crippen LogP contribution in [0.3, 0.4) is 0 Å². The van der Waals surface area contributed by atoms with Crippen molar-refractivity contribution < 1.29 is 0 Å². The Morgan fingerprint density at radius 2 is 2.25 bits per heavy atom. The molecule has 0 aliphatic carbocycles. The largest absolute Gasteiger partial charge is 0.338 e. The predicted molar refractivity (Wildman–Crippen MR) is 63.1 cm³/mol. The molecule has 5 heteroatoms. The minimum absolute atomic E-state index is 0.227. The fourth-order valence-electron chi connectivity index (χ4n) is 1.56. The molecule has 2 aromatic rings. The Morgan fingerprint density at radius 1 is 1.44 bits per heavy atom. The molecule has 0 spiro atoms. The van der Waals surface area contributed by atoms with Crippen LogP contribution in [0.1, 0.15) is 17.6 Å². The van der Waals surface area contributed by atoms with Gasteiger partial charge in [-0.2, -0.15) is 0 Å². The van der Waals surface area contributed by atoms with Crippen LogP contribution in [0, 0.1) is 0 Å². The van der Waals surface area contributed by atoms with Gasteiger partial charge in [0.15, 0.2) is 0 Å². The molecule has 1 unspecified atom stereocenters. The van der Waals surface area contributed by atoms with E-state index in [4.69, 9.17) is 17.3 Å². The van der Waals surface area contributed by atoms with Crippen molar-refractivity contribution in [3.63, 3.8) is 0 Å². The number of halogens is 1. The molecular weight excluding hydrogens is 224 g/mol. The number of nitrogens with two attached hydrogens (primary N) is 1. The monoisotopic (exact) mass is 236 g/mol. The summed E-state index contributed by atoms with van der Waals surface area (Å²) in [5, 5.41) is 0.601. The highest BCUT2D eigenvalue weighted by Gasteiger charge is 2.13. The molecule has 2 heterocycles.